The minimum Gasteiger partial charge on any atom is -0.378 e. The van der Waals surface area contributed by atoms with Crippen molar-refractivity contribution in [3.63, 3.8) is 0 Å². The zero-order chi connectivity index (χ0) is 15.6. The van der Waals surface area contributed by atoms with E-state index in [-0.39, 0.29) is 17.2 Å². The Bertz CT molecular complexity index is 718. The van der Waals surface area contributed by atoms with Crippen molar-refractivity contribution < 1.29 is 18.5 Å². The van der Waals surface area contributed by atoms with E-state index in [1.807, 2.05) is 0 Å². The second kappa shape index (κ2) is 5.83. The summed E-state index contributed by atoms with van der Waals surface area (Å²) in [6, 6.07) is 4.37. The van der Waals surface area contributed by atoms with Crippen molar-refractivity contribution >= 4 is 27.9 Å². The number of nitrogens with two attached hydrogens (primary N) is 1. The fourth-order valence-electron chi connectivity index (χ4n) is 1.62. The van der Waals surface area contributed by atoms with Crippen LogP contribution < -0.4 is 11.1 Å². The van der Waals surface area contributed by atoms with Crippen LogP contribution in [0.5, 0.6) is 0 Å². The van der Waals surface area contributed by atoms with E-state index >= 15 is 0 Å². The quantitative estimate of drug-likeness (QED) is 0.655. The molecular weight excluding hydrogens is 304 g/mol. The number of primary amides is 1. The number of thiophene rings is 1. The van der Waals surface area contributed by atoms with Crippen molar-refractivity contribution in [2.24, 2.45) is 5.73 Å². The van der Waals surface area contributed by atoms with Crippen LogP contribution in [-0.4, -0.2) is 10.8 Å². The standard InChI is InChI=1S/C12H9F2N3O3S/c13-8-4-9(14)10(3-7(8)12(15)18)16-5-6-1-2-11(21-6)17(19)20/h1-4,16H,5H2,(H2,15,18). The Morgan fingerprint density at radius 2 is 2.05 bits per heavy atom. The van der Waals surface area contributed by atoms with Gasteiger partial charge < -0.3 is 11.1 Å². The highest BCUT2D eigenvalue weighted by Gasteiger charge is 2.14. The van der Waals surface area contributed by atoms with E-state index in [1.165, 1.54) is 12.1 Å². The van der Waals surface area contributed by atoms with Gasteiger partial charge in [-0.15, -0.1) is 0 Å². The molecule has 2 aromatic rings. The monoisotopic (exact) mass is 313 g/mol. The van der Waals surface area contributed by atoms with Crippen molar-refractivity contribution in [3.8, 4) is 0 Å². The molecule has 0 unspecified atom stereocenters. The van der Waals surface area contributed by atoms with Crippen LogP contribution in [0.1, 0.15) is 15.2 Å². The van der Waals surface area contributed by atoms with Gasteiger partial charge in [0.25, 0.3) is 5.91 Å². The maximum atomic E-state index is 13.6. The summed E-state index contributed by atoms with van der Waals surface area (Å²) in [4.78, 5) is 21.6. The molecule has 0 saturated heterocycles. The van der Waals surface area contributed by atoms with Crippen molar-refractivity contribution in [1.82, 2.24) is 0 Å². The second-order valence-corrected chi connectivity index (χ2v) is 5.17. The number of amides is 1. The van der Waals surface area contributed by atoms with Crippen molar-refractivity contribution in [3.05, 3.63) is 56.5 Å². The van der Waals surface area contributed by atoms with Gasteiger partial charge in [-0.25, -0.2) is 8.78 Å². The van der Waals surface area contributed by atoms with Crippen LogP contribution in [0.2, 0.25) is 0 Å². The third kappa shape index (κ3) is 3.31. The van der Waals surface area contributed by atoms with E-state index in [1.54, 1.807) is 0 Å². The number of nitrogens with one attached hydrogen (secondary N) is 1. The molecule has 1 heterocycles. The van der Waals surface area contributed by atoms with Crippen LogP contribution in [0.4, 0.5) is 19.5 Å². The highest BCUT2D eigenvalue weighted by molar-refractivity contribution is 7.15. The first kappa shape index (κ1) is 14.9. The number of carbonyl (C=O) groups excluding carboxylic acids is 1. The summed E-state index contributed by atoms with van der Waals surface area (Å²) < 4.78 is 26.9. The van der Waals surface area contributed by atoms with Gasteiger partial charge in [0.1, 0.15) is 11.6 Å². The average molecular weight is 313 g/mol. The molecule has 0 fully saturated rings. The van der Waals surface area contributed by atoms with Gasteiger partial charge in [0.15, 0.2) is 0 Å². The van der Waals surface area contributed by atoms with Crippen LogP contribution in [0.3, 0.4) is 0 Å². The molecule has 9 heteroatoms. The molecule has 0 bridgehead atoms. The van der Waals surface area contributed by atoms with Crippen molar-refractivity contribution in [2.45, 2.75) is 6.54 Å². The van der Waals surface area contributed by atoms with Gasteiger partial charge in [-0.1, -0.05) is 11.3 Å². The van der Waals surface area contributed by atoms with Crippen LogP contribution in [-0.2, 0) is 6.54 Å². The molecule has 0 saturated carbocycles. The molecule has 1 amide bonds. The zero-order valence-corrected chi connectivity index (χ0v) is 11.2. The molecule has 110 valence electrons. The van der Waals surface area contributed by atoms with E-state index in [4.69, 9.17) is 5.73 Å². The van der Waals surface area contributed by atoms with Crippen LogP contribution in [0, 0.1) is 21.7 Å². The Morgan fingerprint density at radius 1 is 1.33 bits per heavy atom. The summed E-state index contributed by atoms with van der Waals surface area (Å²) >= 11 is 0.930. The summed E-state index contributed by atoms with van der Waals surface area (Å²) in [6.07, 6.45) is 0. The third-order valence-electron chi connectivity index (χ3n) is 2.60. The predicted octanol–water partition coefficient (Wildman–Crippen LogP) is 2.65. The number of nitrogens with zero attached hydrogens (tertiary/aromatic N) is 1. The number of benzene rings is 1. The summed E-state index contributed by atoms with van der Waals surface area (Å²) in [5.74, 6) is -2.94. The Morgan fingerprint density at radius 3 is 2.62 bits per heavy atom. The maximum Gasteiger partial charge on any atom is 0.324 e. The number of anilines is 1. The van der Waals surface area contributed by atoms with E-state index < -0.39 is 28.0 Å². The van der Waals surface area contributed by atoms with E-state index in [0.29, 0.717) is 10.9 Å². The first-order chi connectivity index (χ1) is 9.88. The van der Waals surface area contributed by atoms with Crippen LogP contribution >= 0.6 is 11.3 Å². The van der Waals surface area contributed by atoms with Gasteiger partial charge in [0.05, 0.1) is 16.2 Å². The molecule has 3 N–H and O–H groups in total. The Balaban J connectivity index is 2.17. The minimum absolute atomic E-state index is 0.0378. The number of rotatable bonds is 5. The molecular formula is C12H9F2N3O3S. The van der Waals surface area contributed by atoms with Gasteiger partial charge in [0.2, 0.25) is 0 Å². The van der Waals surface area contributed by atoms with Gasteiger partial charge in [-0.2, -0.15) is 0 Å². The SMILES string of the molecule is NC(=O)c1cc(NCc2ccc([N+](=O)[O-])s2)c(F)cc1F. The molecule has 6 nitrogen and oxygen atoms in total. The number of hydrogen-bond acceptors (Lipinski definition) is 5. The molecule has 0 radical (unpaired) electrons. The van der Waals surface area contributed by atoms with E-state index in [9.17, 15) is 23.7 Å². The van der Waals surface area contributed by atoms with Crippen molar-refractivity contribution in [2.75, 3.05) is 5.32 Å². The summed E-state index contributed by atoms with van der Waals surface area (Å²) in [5.41, 5.74) is 4.43. The van der Waals surface area contributed by atoms with Gasteiger partial charge in [-0.05, 0) is 12.1 Å². The highest BCUT2D eigenvalue weighted by atomic mass is 32.1. The summed E-state index contributed by atoms with van der Waals surface area (Å²) in [7, 11) is 0. The average Bonchev–Trinajstić information content (AvgIpc) is 2.86. The Kier molecular flexibility index (Phi) is 4.13. The van der Waals surface area contributed by atoms with E-state index in [2.05, 4.69) is 5.32 Å². The molecule has 0 aliphatic rings. The Labute approximate surface area is 121 Å². The summed E-state index contributed by atoms with van der Waals surface area (Å²) in [6.45, 7) is 0.0965. The molecule has 21 heavy (non-hydrogen) atoms. The number of hydrogen-bond donors (Lipinski definition) is 2. The smallest absolute Gasteiger partial charge is 0.324 e. The number of halogens is 2. The molecule has 2 rings (SSSR count). The predicted molar refractivity (Wildman–Crippen MR) is 73.2 cm³/mol. The molecule has 0 spiro atoms. The van der Waals surface area contributed by atoms with Gasteiger partial charge >= 0.3 is 5.00 Å². The summed E-state index contributed by atoms with van der Waals surface area (Å²) in [5, 5.41) is 13.1. The Hall–Kier alpha value is -2.55. The molecule has 0 aliphatic carbocycles. The molecule has 0 atom stereocenters. The van der Waals surface area contributed by atoms with Gasteiger partial charge in [0, 0.05) is 23.6 Å². The lowest BCUT2D eigenvalue weighted by Crippen LogP contribution is -2.14. The third-order valence-corrected chi connectivity index (χ3v) is 3.64. The lowest BCUT2D eigenvalue weighted by molar-refractivity contribution is -0.380. The minimum atomic E-state index is -1.04. The second-order valence-electron chi connectivity index (χ2n) is 4.03. The maximum absolute atomic E-state index is 13.6. The molecule has 1 aromatic carbocycles. The first-order valence-electron chi connectivity index (χ1n) is 5.64. The number of nitro groups is 1. The van der Waals surface area contributed by atoms with Gasteiger partial charge in [-0.3, -0.25) is 14.9 Å². The number of carbonyl (C=O) groups is 1. The van der Waals surface area contributed by atoms with Crippen molar-refractivity contribution in [1.29, 1.82) is 0 Å². The lowest BCUT2D eigenvalue weighted by Gasteiger charge is -2.08. The normalized spacial score (nSPS) is 10.4. The first-order valence-corrected chi connectivity index (χ1v) is 6.46. The van der Waals surface area contributed by atoms with Crippen LogP contribution in [0.25, 0.3) is 0 Å². The highest BCUT2D eigenvalue weighted by Crippen LogP contribution is 2.26. The topological polar surface area (TPSA) is 98.3 Å². The van der Waals surface area contributed by atoms with E-state index in [0.717, 1.165) is 17.4 Å². The zero-order valence-electron chi connectivity index (χ0n) is 10.4. The molecule has 0 aliphatic heterocycles. The largest absolute Gasteiger partial charge is 0.378 e. The fourth-order valence-corrected chi connectivity index (χ4v) is 2.38. The fraction of sp³-hybridized carbons (Fsp3) is 0.0833. The molecule has 1 aromatic heterocycles. The lowest BCUT2D eigenvalue weighted by atomic mass is 10.1. The van der Waals surface area contributed by atoms with Crippen LogP contribution in [0.15, 0.2) is 24.3 Å².